The quantitative estimate of drug-likeness (QED) is 0.628. The molecular formula is C21H25ClF3N3S. The fourth-order valence-corrected chi connectivity index (χ4v) is 5.06. The second-order valence-electron chi connectivity index (χ2n) is 7.37. The summed E-state index contributed by atoms with van der Waals surface area (Å²) in [6, 6.07) is 12.3. The largest absolute Gasteiger partial charge is 0.417 e. The third-order valence-electron chi connectivity index (χ3n) is 5.41. The van der Waals surface area contributed by atoms with Crippen LogP contribution in [-0.4, -0.2) is 56.1 Å². The first-order valence-corrected chi connectivity index (χ1v) is 10.4. The van der Waals surface area contributed by atoms with Gasteiger partial charge in [0.2, 0.25) is 0 Å². The van der Waals surface area contributed by atoms with Gasteiger partial charge in [-0.2, -0.15) is 13.2 Å². The van der Waals surface area contributed by atoms with Crippen molar-refractivity contribution in [3.05, 3.63) is 48.0 Å². The van der Waals surface area contributed by atoms with Crippen LogP contribution < -0.4 is 4.90 Å². The first-order chi connectivity index (χ1) is 13.4. The number of hydrogen-bond donors (Lipinski definition) is 0. The Morgan fingerprint density at radius 2 is 1.59 bits per heavy atom. The lowest BCUT2D eigenvalue weighted by molar-refractivity contribution is -0.139. The maximum Gasteiger partial charge on any atom is 0.417 e. The number of benzene rings is 2. The molecule has 158 valence electrons. The van der Waals surface area contributed by atoms with E-state index in [9.17, 15) is 13.2 Å². The summed E-state index contributed by atoms with van der Waals surface area (Å²) >= 11 is 1.22. The van der Waals surface area contributed by atoms with Gasteiger partial charge >= 0.3 is 6.18 Å². The fourth-order valence-electron chi connectivity index (χ4n) is 3.84. The SMILES string of the molecule is CN1CCN(CCCN2c3ccccc3Sc3c2cccc3C(F)(F)F)CC1.Cl. The van der Waals surface area contributed by atoms with Crippen LogP contribution in [0.15, 0.2) is 52.3 Å². The standard InChI is InChI=1S/C21H24F3N3S.ClH/c1-25-12-14-26(15-13-25)10-5-11-27-17-7-2-3-9-19(17)28-20-16(21(22,23)24)6-4-8-18(20)27;/h2-4,6-9H,5,10-15H2,1H3;1H. The van der Waals surface area contributed by atoms with Crippen LogP contribution in [0.25, 0.3) is 0 Å². The van der Waals surface area contributed by atoms with Gasteiger partial charge in [-0.25, -0.2) is 0 Å². The van der Waals surface area contributed by atoms with Crippen molar-refractivity contribution in [3.63, 3.8) is 0 Å². The molecule has 0 N–H and O–H groups in total. The van der Waals surface area contributed by atoms with Gasteiger partial charge in [0.15, 0.2) is 0 Å². The summed E-state index contributed by atoms with van der Waals surface area (Å²) < 4.78 is 40.7. The number of rotatable bonds is 4. The van der Waals surface area contributed by atoms with Gasteiger partial charge in [0.1, 0.15) is 0 Å². The minimum absolute atomic E-state index is 0. The number of likely N-dealkylation sites (N-methyl/N-ethyl adjacent to an activating group) is 1. The molecule has 8 heteroatoms. The zero-order valence-electron chi connectivity index (χ0n) is 16.3. The fraction of sp³-hybridized carbons (Fsp3) is 0.429. The molecule has 2 aliphatic rings. The average molecular weight is 444 g/mol. The maximum absolute atomic E-state index is 13.6. The highest BCUT2D eigenvalue weighted by Gasteiger charge is 2.37. The third-order valence-corrected chi connectivity index (χ3v) is 6.61. The van der Waals surface area contributed by atoms with E-state index in [2.05, 4.69) is 21.7 Å². The van der Waals surface area contributed by atoms with Crippen molar-refractivity contribution in [1.82, 2.24) is 9.80 Å². The normalized spacial score (nSPS) is 17.4. The molecule has 2 aromatic rings. The molecule has 0 radical (unpaired) electrons. The van der Waals surface area contributed by atoms with Crippen molar-refractivity contribution in [2.45, 2.75) is 22.4 Å². The van der Waals surface area contributed by atoms with E-state index in [0.717, 1.165) is 49.7 Å². The Morgan fingerprint density at radius 1 is 0.897 bits per heavy atom. The Hall–Kier alpha value is -1.41. The minimum Gasteiger partial charge on any atom is -0.340 e. The molecule has 2 heterocycles. The number of halogens is 4. The van der Waals surface area contributed by atoms with Crippen molar-refractivity contribution >= 4 is 35.5 Å². The Morgan fingerprint density at radius 3 is 2.31 bits per heavy atom. The molecule has 2 aliphatic heterocycles. The van der Waals surface area contributed by atoms with Gasteiger partial charge in [0, 0.05) is 42.5 Å². The van der Waals surface area contributed by atoms with E-state index < -0.39 is 11.7 Å². The van der Waals surface area contributed by atoms with Crippen LogP contribution in [0.4, 0.5) is 24.5 Å². The molecule has 0 spiro atoms. The molecule has 0 amide bonds. The zero-order valence-corrected chi connectivity index (χ0v) is 17.9. The van der Waals surface area contributed by atoms with E-state index in [1.807, 2.05) is 30.3 Å². The Kier molecular flexibility index (Phi) is 7.04. The van der Waals surface area contributed by atoms with Crippen molar-refractivity contribution < 1.29 is 13.2 Å². The van der Waals surface area contributed by atoms with E-state index in [4.69, 9.17) is 0 Å². The predicted octanol–water partition coefficient (Wildman–Crippen LogP) is 5.37. The Bertz CT molecular complexity index is 838. The lowest BCUT2D eigenvalue weighted by atomic mass is 10.1. The molecule has 0 atom stereocenters. The number of fused-ring (bicyclic) bond motifs is 2. The van der Waals surface area contributed by atoms with Crippen LogP contribution in [0, 0.1) is 0 Å². The van der Waals surface area contributed by atoms with Crippen LogP contribution in [0.2, 0.25) is 0 Å². The number of para-hydroxylation sites is 1. The predicted molar refractivity (Wildman–Crippen MR) is 115 cm³/mol. The summed E-state index contributed by atoms with van der Waals surface area (Å²) in [7, 11) is 2.13. The van der Waals surface area contributed by atoms with Crippen LogP contribution in [0.5, 0.6) is 0 Å². The van der Waals surface area contributed by atoms with Gasteiger partial charge < -0.3 is 14.7 Å². The monoisotopic (exact) mass is 443 g/mol. The van der Waals surface area contributed by atoms with Crippen LogP contribution >= 0.6 is 24.2 Å². The van der Waals surface area contributed by atoms with E-state index in [0.29, 0.717) is 17.1 Å². The van der Waals surface area contributed by atoms with E-state index in [1.165, 1.54) is 23.9 Å². The van der Waals surface area contributed by atoms with E-state index >= 15 is 0 Å². The topological polar surface area (TPSA) is 9.72 Å². The molecule has 0 bridgehead atoms. The van der Waals surface area contributed by atoms with Gasteiger partial charge in [-0.1, -0.05) is 30.0 Å². The Labute approximate surface area is 180 Å². The minimum atomic E-state index is -4.35. The smallest absolute Gasteiger partial charge is 0.340 e. The lowest BCUT2D eigenvalue weighted by Gasteiger charge is -2.36. The summed E-state index contributed by atoms with van der Waals surface area (Å²) in [6.45, 7) is 5.92. The molecule has 4 rings (SSSR count). The summed E-state index contributed by atoms with van der Waals surface area (Å²) in [6.07, 6.45) is -3.44. The molecule has 3 nitrogen and oxygen atoms in total. The molecule has 1 saturated heterocycles. The van der Waals surface area contributed by atoms with Crippen molar-refractivity contribution in [3.8, 4) is 0 Å². The van der Waals surface area contributed by atoms with Gasteiger partial charge in [-0.15, -0.1) is 12.4 Å². The highest BCUT2D eigenvalue weighted by atomic mass is 35.5. The lowest BCUT2D eigenvalue weighted by Crippen LogP contribution is -2.45. The summed E-state index contributed by atoms with van der Waals surface area (Å²) in [5.74, 6) is 0. The van der Waals surface area contributed by atoms with Crippen LogP contribution in [0.3, 0.4) is 0 Å². The molecule has 0 aromatic heterocycles. The highest BCUT2D eigenvalue weighted by Crippen LogP contribution is 2.52. The van der Waals surface area contributed by atoms with Crippen LogP contribution in [-0.2, 0) is 6.18 Å². The van der Waals surface area contributed by atoms with Crippen molar-refractivity contribution in [1.29, 1.82) is 0 Å². The first-order valence-electron chi connectivity index (χ1n) is 9.59. The maximum atomic E-state index is 13.6. The van der Waals surface area contributed by atoms with E-state index in [1.54, 1.807) is 0 Å². The molecule has 29 heavy (non-hydrogen) atoms. The second kappa shape index (κ2) is 9.16. The molecular weight excluding hydrogens is 419 g/mol. The molecule has 2 aromatic carbocycles. The van der Waals surface area contributed by atoms with Gasteiger partial charge in [0.25, 0.3) is 0 Å². The molecule has 0 aliphatic carbocycles. The number of piperazine rings is 1. The summed E-state index contributed by atoms with van der Waals surface area (Å²) in [5.41, 5.74) is 1.11. The van der Waals surface area contributed by atoms with E-state index in [-0.39, 0.29) is 12.4 Å². The number of alkyl halides is 3. The number of nitrogens with zero attached hydrogens (tertiary/aromatic N) is 3. The van der Waals surface area contributed by atoms with Crippen molar-refractivity contribution in [2.75, 3.05) is 51.2 Å². The van der Waals surface area contributed by atoms with Gasteiger partial charge in [0.05, 0.1) is 16.9 Å². The summed E-state index contributed by atoms with van der Waals surface area (Å²) in [5, 5.41) is 0. The number of hydrogen-bond acceptors (Lipinski definition) is 4. The van der Waals surface area contributed by atoms with Gasteiger partial charge in [-0.3, -0.25) is 0 Å². The summed E-state index contributed by atoms with van der Waals surface area (Å²) in [4.78, 5) is 8.02. The number of anilines is 2. The Balaban J connectivity index is 0.00000240. The molecule has 0 unspecified atom stereocenters. The second-order valence-corrected chi connectivity index (χ2v) is 8.42. The highest BCUT2D eigenvalue weighted by molar-refractivity contribution is 7.99. The van der Waals surface area contributed by atoms with Crippen LogP contribution in [0.1, 0.15) is 12.0 Å². The van der Waals surface area contributed by atoms with Gasteiger partial charge in [-0.05, 0) is 44.3 Å². The zero-order chi connectivity index (χ0) is 19.7. The third kappa shape index (κ3) is 4.85. The molecule has 1 fully saturated rings. The average Bonchev–Trinajstić information content (AvgIpc) is 2.67. The first kappa shape index (κ1) is 22.3. The van der Waals surface area contributed by atoms with Crippen molar-refractivity contribution in [2.24, 2.45) is 0 Å². The molecule has 0 saturated carbocycles.